The summed E-state index contributed by atoms with van der Waals surface area (Å²) in [5.74, 6) is 1.18. The smallest absolute Gasteiger partial charge is 0.246 e. The van der Waals surface area contributed by atoms with Crippen LogP contribution in [0.1, 0.15) is 11.6 Å². The molecule has 0 saturated heterocycles. The third kappa shape index (κ3) is 3.60. The van der Waals surface area contributed by atoms with E-state index >= 15 is 0 Å². The number of likely N-dealkylation sites (N-methyl/N-ethyl adjacent to an activating group) is 1. The lowest BCUT2D eigenvalue weighted by Crippen LogP contribution is -2.30. The lowest BCUT2D eigenvalue weighted by Gasteiger charge is -2.17. The summed E-state index contributed by atoms with van der Waals surface area (Å²) >= 11 is 0. The Hall–Kier alpha value is -2.74. The molecule has 130 valence electrons. The molecule has 1 aromatic heterocycles. The van der Waals surface area contributed by atoms with Crippen molar-refractivity contribution in [2.45, 2.75) is 6.04 Å². The molecule has 0 bridgehead atoms. The number of nitrogens with one attached hydrogen (secondary N) is 2. The molecule has 1 heterocycles. The molecule has 1 amide bonds. The van der Waals surface area contributed by atoms with Gasteiger partial charge in [-0.05, 0) is 7.05 Å². The molecule has 0 aliphatic heterocycles. The Balaban J connectivity index is 2.27. The fourth-order valence-electron chi connectivity index (χ4n) is 2.41. The van der Waals surface area contributed by atoms with Gasteiger partial charge in [0.1, 0.15) is 6.04 Å². The number of aryl methyl sites for hydroxylation is 1. The van der Waals surface area contributed by atoms with Gasteiger partial charge in [-0.25, -0.2) is 0 Å². The Morgan fingerprint density at radius 1 is 1.17 bits per heavy atom. The molecule has 24 heavy (non-hydrogen) atoms. The number of benzene rings is 1. The molecule has 0 radical (unpaired) electrons. The second kappa shape index (κ2) is 7.69. The van der Waals surface area contributed by atoms with Gasteiger partial charge >= 0.3 is 0 Å². The maximum absolute atomic E-state index is 12.6. The van der Waals surface area contributed by atoms with Gasteiger partial charge in [0.05, 0.1) is 27.5 Å². The number of ether oxygens (including phenoxy) is 3. The summed E-state index contributed by atoms with van der Waals surface area (Å²) < 4.78 is 17.5. The van der Waals surface area contributed by atoms with Crippen LogP contribution in [-0.4, -0.2) is 44.1 Å². The largest absolute Gasteiger partial charge is 0.493 e. The van der Waals surface area contributed by atoms with Gasteiger partial charge in [-0.3, -0.25) is 9.48 Å². The van der Waals surface area contributed by atoms with Crippen molar-refractivity contribution < 1.29 is 19.0 Å². The topological polar surface area (TPSA) is 86.6 Å². The first-order valence-electron chi connectivity index (χ1n) is 7.30. The van der Waals surface area contributed by atoms with Crippen LogP contribution in [0.2, 0.25) is 0 Å². The van der Waals surface area contributed by atoms with Crippen molar-refractivity contribution in [1.29, 1.82) is 0 Å². The first-order chi connectivity index (χ1) is 11.5. The molecular weight excluding hydrogens is 312 g/mol. The molecule has 0 aliphatic carbocycles. The van der Waals surface area contributed by atoms with Gasteiger partial charge in [0, 0.05) is 36.6 Å². The Labute approximate surface area is 140 Å². The highest BCUT2D eigenvalue weighted by Crippen LogP contribution is 2.40. The zero-order valence-electron chi connectivity index (χ0n) is 14.4. The summed E-state index contributed by atoms with van der Waals surface area (Å²) in [6, 6.07) is 2.82. The number of carbonyl (C=O) groups is 1. The molecule has 0 saturated carbocycles. The van der Waals surface area contributed by atoms with Gasteiger partial charge in [0.15, 0.2) is 11.5 Å². The van der Waals surface area contributed by atoms with E-state index in [9.17, 15) is 4.79 Å². The minimum Gasteiger partial charge on any atom is -0.493 e. The second-order valence-electron chi connectivity index (χ2n) is 5.07. The average molecular weight is 334 g/mol. The number of nitrogens with zero attached hydrogens (tertiary/aromatic N) is 2. The highest BCUT2D eigenvalue weighted by atomic mass is 16.5. The molecule has 1 atom stereocenters. The molecule has 0 spiro atoms. The van der Waals surface area contributed by atoms with Gasteiger partial charge in [-0.2, -0.15) is 5.10 Å². The third-order valence-corrected chi connectivity index (χ3v) is 3.54. The summed E-state index contributed by atoms with van der Waals surface area (Å²) in [6.07, 6.45) is 3.44. The highest BCUT2D eigenvalue weighted by Gasteiger charge is 2.21. The Bertz CT molecular complexity index is 689. The minimum absolute atomic E-state index is 0.222. The first kappa shape index (κ1) is 17.6. The molecule has 1 aromatic carbocycles. The van der Waals surface area contributed by atoms with Crippen molar-refractivity contribution in [3.8, 4) is 17.2 Å². The van der Waals surface area contributed by atoms with Crippen LogP contribution in [0.4, 0.5) is 5.69 Å². The SMILES string of the molecule is CNC(C(=O)Nc1cc(OC)c(OC)c(OC)c1)c1cnn(C)c1. The van der Waals surface area contributed by atoms with Crippen LogP contribution in [0.15, 0.2) is 24.5 Å². The number of aromatic nitrogens is 2. The number of rotatable bonds is 7. The molecule has 2 rings (SSSR count). The van der Waals surface area contributed by atoms with Crippen LogP contribution in [-0.2, 0) is 11.8 Å². The van der Waals surface area contributed by atoms with Crippen LogP contribution < -0.4 is 24.8 Å². The molecule has 1 unspecified atom stereocenters. The van der Waals surface area contributed by atoms with Crippen LogP contribution in [0.25, 0.3) is 0 Å². The van der Waals surface area contributed by atoms with Gasteiger partial charge in [0.25, 0.3) is 0 Å². The predicted octanol–water partition coefficient (Wildman–Crippen LogP) is 1.35. The highest BCUT2D eigenvalue weighted by molar-refractivity contribution is 5.96. The fourth-order valence-corrected chi connectivity index (χ4v) is 2.41. The van der Waals surface area contributed by atoms with Gasteiger partial charge in [0.2, 0.25) is 11.7 Å². The Morgan fingerprint density at radius 3 is 2.21 bits per heavy atom. The Morgan fingerprint density at radius 2 is 1.79 bits per heavy atom. The van der Waals surface area contributed by atoms with Crippen molar-refractivity contribution >= 4 is 11.6 Å². The van der Waals surface area contributed by atoms with Crippen molar-refractivity contribution in [1.82, 2.24) is 15.1 Å². The molecular formula is C16H22N4O4. The number of anilines is 1. The van der Waals surface area contributed by atoms with Crippen molar-refractivity contribution in [2.75, 3.05) is 33.7 Å². The minimum atomic E-state index is -0.530. The molecule has 2 N–H and O–H groups in total. The third-order valence-electron chi connectivity index (χ3n) is 3.54. The molecule has 8 nitrogen and oxygen atoms in total. The standard InChI is InChI=1S/C16H22N4O4/c1-17-14(10-8-18-20(2)9-10)16(21)19-11-6-12(22-3)15(24-5)13(7-11)23-4/h6-9,14,17H,1-5H3,(H,19,21). The van der Waals surface area contributed by atoms with E-state index in [1.165, 1.54) is 21.3 Å². The summed E-state index contributed by atoms with van der Waals surface area (Å²) in [7, 11) is 8.09. The summed E-state index contributed by atoms with van der Waals surface area (Å²) in [4.78, 5) is 12.6. The van der Waals surface area contributed by atoms with Gasteiger partial charge in [-0.15, -0.1) is 0 Å². The number of hydrogen-bond donors (Lipinski definition) is 2. The van der Waals surface area contributed by atoms with E-state index < -0.39 is 6.04 Å². The maximum atomic E-state index is 12.6. The van der Waals surface area contributed by atoms with Gasteiger partial charge in [-0.1, -0.05) is 0 Å². The molecule has 0 aliphatic rings. The Kier molecular flexibility index (Phi) is 5.64. The normalized spacial score (nSPS) is 11.7. The molecule has 0 fully saturated rings. The number of hydrogen-bond acceptors (Lipinski definition) is 6. The maximum Gasteiger partial charge on any atom is 0.246 e. The number of methoxy groups -OCH3 is 3. The quantitative estimate of drug-likeness (QED) is 0.795. The zero-order chi connectivity index (χ0) is 17.7. The van der Waals surface area contributed by atoms with Gasteiger partial charge < -0.3 is 24.8 Å². The van der Waals surface area contributed by atoms with E-state index in [1.54, 1.807) is 43.3 Å². The van der Waals surface area contributed by atoms with Crippen LogP contribution in [0.5, 0.6) is 17.2 Å². The monoisotopic (exact) mass is 334 g/mol. The number of amides is 1. The molecule has 8 heteroatoms. The molecule has 2 aromatic rings. The van der Waals surface area contributed by atoms with E-state index in [1.807, 2.05) is 0 Å². The van der Waals surface area contributed by atoms with Crippen molar-refractivity contribution in [3.05, 3.63) is 30.1 Å². The lowest BCUT2D eigenvalue weighted by molar-refractivity contribution is -0.118. The van der Waals surface area contributed by atoms with E-state index in [-0.39, 0.29) is 5.91 Å². The first-order valence-corrected chi connectivity index (χ1v) is 7.30. The zero-order valence-corrected chi connectivity index (χ0v) is 14.4. The second-order valence-corrected chi connectivity index (χ2v) is 5.07. The van der Waals surface area contributed by atoms with E-state index in [0.717, 1.165) is 5.56 Å². The summed E-state index contributed by atoms with van der Waals surface area (Å²) in [6.45, 7) is 0. The summed E-state index contributed by atoms with van der Waals surface area (Å²) in [5.41, 5.74) is 1.31. The summed E-state index contributed by atoms with van der Waals surface area (Å²) in [5, 5.41) is 9.92. The van der Waals surface area contributed by atoms with Crippen molar-refractivity contribution in [3.63, 3.8) is 0 Å². The number of carbonyl (C=O) groups excluding carboxylic acids is 1. The van der Waals surface area contributed by atoms with E-state index in [4.69, 9.17) is 14.2 Å². The van der Waals surface area contributed by atoms with E-state index in [2.05, 4.69) is 15.7 Å². The lowest BCUT2D eigenvalue weighted by atomic mass is 10.1. The van der Waals surface area contributed by atoms with Crippen LogP contribution >= 0.6 is 0 Å². The average Bonchev–Trinajstić information content (AvgIpc) is 3.00. The van der Waals surface area contributed by atoms with Crippen LogP contribution in [0, 0.1) is 0 Å². The predicted molar refractivity (Wildman–Crippen MR) is 89.7 cm³/mol. The van der Waals surface area contributed by atoms with E-state index in [0.29, 0.717) is 22.9 Å². The van der Waals surface area contributed by atoms with Crippen LogP contribution in [0.3, 0.4) is 0 Å². The van der Waals surface area contributed by atoms with Crippen molar-refractivity contribution in [2.24, 2.45) is 7.05 Å². The fraction of sp³-hybridized carbons (Fsp3) is 0.375.